The van der Waals surface area contributed by atoms with Crippen molar-refractivity contribution < 1.29 is 28.3 Å². The predicted molar refractivity (Wildman–Crippen MR) is 112 cm³/mol. The van der Waals surface area contributed by atoms with E-state index in [0.29, 0.717) is 28.7 Å². The van der Waals surface area contributed by atoms with Gasteiger partial charge in [-0.2, -0.15) is 0 Å². The summed E-state index contributed by atoms with van der Waals surface area (Å²) in [5, 5.41) is 2.38. The van der Waals surface area contributed by atoms with Crippen molar-refractivity contribution in [1.29, 1.82) is 0 Å². The number of nitrogens with one attached hydrogen (secondary N) is 3. The number of carbonyl (C=O) groups is 3. The average Bonchev–Trinajstić information content (AvgIpc) is 3.16. The van der Waals surface area contributed by atoms with E-state index < -0.39 is 17.7 Å². The van der Waals surface area contributed by atoms with E-state index >= 15 is 0 Å². The van der Waals surface area contributed by atoms with Gasteiger partial charge in [0, 0.05) is 5.56 Å². The molecule has 2 aromatic rings. The first-order valence-electron chi connectivity index (χ1n) is 9.23. The first kappa shape index (κ1) is 23.3. The maximum atomic E-state index is 12.3. The number of carbonyl (C=O) groups excluding carboxylic acids is 3. The number of hydrogen-bond acceptors (Lipinski definition) is 6. The molecule has 0 saturated carbocycles. The van der Waals surface area contributed by atoms with Gasteiger partial charge in [-0.05, 0) is 58.6 Å². The van der Waals surface area contributed by atoms with Crippen molar-refractivity contribution in [2.75, 3.05) is 20.3 Å². The van der Waals surface area contributed by atoms with Crippen molar-refractivity contribution >= 4 is 33.7 Å². The van der Waals surface area contributed by atoms with Gasteiger partial charge in [0.1, 0.15) is 0 Å². The fourth-order valence-electron chi connectivity index (χ4n) is 2.26. The zero-order valence-corrected chi connectivity index (χ0v) is 18.5. The molecule has 0 fully saturated rings. The minimum absolute atomic E-state index is 0.0570. The van der Waals surface area contributed by atoms with E-state index in [1.807, 2.05) is 0 Å². The van der Waals surface area contributed by atoms with Crippen LogP contribution in [0, 0.1) is 5.92 Å². The molecule has 0 aliphatic carbocycles. The summed E-state index contributed by atoms with van der Waals surface area (Å²) in [6, 6.07) is 7.73. The number of benzene rings is 1. The standard InChI is InChI=1S/C20H24BrN3O6/c1-12(2)8-9-29-14-5-4-13(10-16(14)28-3)19(26)24-23-18(25)11-22-20(27)15-6-7-17(21)30-15/h4-7,10,12H,8-9,11H2,1-3H3,(H,22,27)(H,23,25)(H,24,26). The molecule has 0 spiro atoms. The zero-order valence-electron chi connectivity index (χ0n) is 16.9. The van der Waals surface area contributed by atoms with Crippen LogP contribution < -0.4 is 25.6 Å². The Morgan fingerprint density at radius 2 is 1.83 bits per heavy atom. The van der Waals surface area contributed by atoms with Crippen LogP contribution in [0.3, 0.4) is 0 Å². The van der Waals surface area contributed by atoms with Crippen LogP contribution in [-0.2, 0) is 4.79 Å². The molecule has 162 valence electrons. The first-order chi connectivity index (χ1) is 14.3. The normalized spacial score (nSPS) is 10.4. The Balaban J connectivity index is 1.83. The number of rotatable bonds is 9. The average molecular weight is 482 g/mol. The van der Waals surface area contributed by atoms with Crippen molar-refractivity contribution in [3.63, 3.8) is 0 Å². The second-order valence-corrected chi connectivity index (χ2v) is 7.47. The van der Waals surface area contributed by atoms with E-state index in [1.54, 1.807) is 18.2 Å². The highest BCUT2D eigenvalue weighted by Crippen LogP contribution is 2.28. The van der Waals surface area contributed by atoms with Crippen molar-refractivity contribution in [2.24, 2.45) is 5.92 Å². The van der Waals surface area contributed by atoms with E-state index in [2.05, 4.69) is 45.9 Å². The Morgan fingerprint density at radius 3 is 2.47 bits per heavy atom. The van der Waals surface area contributed by atoms with Crippen molar-refractivity contribution in [3.8, 4) is 11.5 Å². The van der Waals surface area contributed by atoms with Gasteiger partial charge in [0.15, 0.2) is 21.9 Å². The number of furan rings is 1. The lowest BCUT2D eigenvalue weighted by molar-refractivity contribution is -0.120. The molecule has 0 aliphatic rings. The molecule has 0 bridgehead atoms. The van der Waals surface area contributed by atoms with Gasteiger partial charge in [0.05, 0.1) is 20.3 Å². The molecule has 0 radical (unpaired) electrons. The highest BCUT2D eigenvalue weighted by molar-refractivity contribution is 9.10. The van der Waals surface area contributed by atoms with Crippen LogP contribution >= 0.6 is 15.9 Å². The molecule has 0 saturated heterocycles. The molecular weight excluding hydrogens is 458 g/mol. The van der Waals surface area contributed by atoms with Gasteiger partial charge in [-0.1, -0.05) is 13.8 Å². The molecule has 2 rings (SSSR count). The van der Waals surface area contributed by atoms with Gasteiger partial charge < -0.3 is 19.2 Å². The molecule has 0 unspecified atom stereocenters. The fraction of sp³-hybridized carbons (Fsp3) is 0.350. The molecule has 30 heavy (non-hydrogen) atoms. The fourth-order valence-corrected chi connectivity index (χ4v) is 2.57. The molecule has 1 heterocycles. The lowest BCUT2D eigenvalue weighted by Gasteiger charge is -2.13. The summed E-state index contributed by atoms with van der Waals surface area (Å²) in [5.74, 6) is -0.197. The largest absolute Gasteiger partial charge is 0.493 e. The van der Waals surface area contributed by atoms with E-state index in [4.69, 9.17) is 13.9 Å². The van der Waals surface area contributed by atoms with E-state index in [0.717, 1.165) is 6.42 Å². The summed E-state index contributed by atoms with van der Waals surface area (Å²) >= 11 is 3.09. The Morgan fingerprint density at radius 1 is 1.07 bits per heavy atom. The van der Waals surface area contributed by atoms with Gasteiger partial charge in [-0.15, -0.1) is 0 Å². The minimum Gasteiger partial charge on any atom is -0.493 e. The molecule has 3 amide bonds. The second kappa shape index (κ2) is 11.2. The predicted octanol–water partition coefficient (Wildman–Crippen LogP) is 2.67. The van der Waals surface area contributed by atoms with E-state index in [9.17, 15) is 14.4 Å². The van der Waals surface area contributed by atoms with Crippen LogP contribution in [0.2, 0.25) is 0 Å². The SMILES string of the molecule is COc1cc(C(=O)NNC(=O)CNC(=O)c2ccc(Br)o2)ccc1OCCC(C)C. The summed E-state index contributed by atoms with van der Waals surface area (Å²) in [6.45, 7) is 4.40. The molecule has 10 heteroatoms. The molecule has 9 nitrogen and oxygen atoms in total. The first-order valence-corrected chi connectivity index (χ1v) is 10.0. The monoisotopic (exact) mass is 481 g/mol. The number of hydrogen-bond donors (Lipinski definition) is 3. The third-order valence-corrected chi connectivity index (χ3v) is 4.33. The smallest absolute Gasteiger partial charge is 0.287 e. The summed E-state index contributed by atoms with van der Waals surface area (Å²) in [4.78, 5) is 35.9. The maximum Gasteiger partial charge on any atom is 0.287 e. The van der Waals surface area contributed by atoms with Gasteiger partial charge in [-0.3, -0.25) is 25.2 Å². The van der Waals surface area contributed by atoms with E-state index in [1.165, 1.54) is 19.2 Å². The summed E-state index contributed by atoms with van der Waals surface area (Å²) < 4.78 is 16.4. The Bertz CT molecular complexity index is 896. The molecule has 0 atom stereocenters. The zero-order chi connectivity index (χ0) is 22.1. The minimum atomic E-state index is -0.608. The second-order valence-electron chi connectivity index (χ2n) is 6.69. The van der Waals surface area contributed by atoms with Crippen LogP contribution in [0.1, 0.15) is 41.2 Å². The molecule has 1 aromatic heterocycles. The van der Waals surface area contributed by atoms with Gasteiger partial charge in [0.2, 0.25) is 0 Å². The topological polar surface area (TPSA) is 119 Å². The quantitative estimate of drug-likeness (QED) is 0.473. The highest BCUT2D eigenvalue weighted by Gasteiger charge is 2.14. The van der Waals surface area contributed by atoms with Crippen molar-refractivity contribution in [3.05, 3.63) is 46.3 Å². The molecular formula is C20H24BrN3O6. The lowest BCUT2D eigenvalue weighted by Crippen LogP contribution is -2.46. The van der Waals surface area contributed by atoms with Crippen molar-refractivity contribution in [1.82, 2.24) is 16.2 Å². The third-order valence-electron chi connectivity index (χ3n) is 3.90. The summed E-state index contributed by atoms with van der Waals surface area (Å²) in [6.07, 6.45) is 0.894. The maximum absolute atomic E-state index is 12.3. The van der Waals surface area contributed by atoms with Crippen LogP contribution in [-0.4, -0.2) is 38.0 Å². The van der Waals surface area contributed by atoms with E-state index in [-0.39, 0.29) is 17.9 Å². The number of hydrazine groups is 1. The van der Waals surface area contributed by atoms with Crippen molar-refractivity contribution in [2.45, 2.75) is 20.3 Å². The van der Waals surface area contributed by atoms with Crippen LogP contribution in [0.5, 0.6) is 11.5 Å². The molecule has 1 aromatic carbocycles. The number of methoxy groups -OCH3 is 1. The van der Waals surface area contributed by atoms with Crippen LogP contribution in [0.15, 0.2) is 39.4 Å². The molecule has 3 N–H and O–H groups in total. The highest BCUT2D eigenvalue weighted by atomic mass is 79.9. The third kappa shape index (κ3) is 7.11. The van der Waals surface area contributed by atoms with Crippen LogP contribution in [0.4, 0.5) is 0 Å². The van der Waals surface area contributed by atoms with Gasteiger partial charge in [0.25, 0.3) is 17.7 Å². The molecule has 0 aliphatic heterocycles. The van der Waals surface area contributed by atoms with Gasteiger partial charge in [-0.25, -0.2) is 0 Å². The summed E-state index contributed by atoms with van der Waals surface area (Å²) in [7, 11) is 1.48. The Hall–Kier alpha value is -3.01. The number of ether oxygens (including phenoxy) is 2. The van der Waals surface area contributed by atoms with Gasteiger partial charge >= 0.3 is 0 Å². The number of halogens is 1. The Kier molecular flexibility index (Phi) is 8.72. The Labute approximate surface area is 182 Å². The number of amides is 3. The van der Waals surface area contributed by atoms with Crippen LogP contribution in [0.25, 0.3) is 0 Å². The lowest BCUT2D eigenvalue weighted by atomic mass is 10.1. The summed E-state index contributed by atoms with van der Waals surface area (Å²) in [5.41, 5.74) is 4.78.